The molecule has 0 aliphatic carbocycles. The van der Waals surface area contributed by atoms with Crippen LogP contribution < -0.4 is 5.06 Å². The number of phenols is 1. The SMILES string of the molecule is O=C1[C@@H]2[C@H](ON(c3ccccc3)[C@@H]2c2ccccc2O)C(=O)N1Cc1ccccc1. The molecular weight excluding hydrogens is 380 g/mol. The molecule has 5 rings (SSSR count). The Hall–Kier alpha value is -3.64. The molecule has 30 heavy (non-hydrogen) atoms. The van der Waals surface area contributed by atoms with Crippen molar-refractivity contribution in [1.29, 1.82) is 0 Å². The van der Waals surface area contributed by atoms with Gasteiger partial charge in [-0.1, -0.05) is 66.7 Å². The van der Waals surface area contributed by atoms with Crippen molar-refractivity contribution in [2.45, 2.75) is 18.7 Å². The number of carbonyl (C=O) groups excluding carboxylic acids is 2. The van der Waals surface area contributed by atoms with E-state index < -0.39 is 18.1 Å². The van der Waals surface area contributed by atoms with Crippen LogP contribution in [-0.4, -0.2) is 27.9 Å². The average molecular weight is 400 g/mol. The smallest absolute Gasteiger partial charge is 0.262 e. The van der Waals surface area contributed by atoms with Crippen LogP contribution in [-0.2, 0) is 21.0 Å². The number of hydrogen-bond acceptors (Lipinski definition) is 5. The molecule has 150 valence electrons. The summed E-state index contributed by atoms with van der Waals surface area (Å²) < 4.78 is 0. The van der Waals surface area contributed by atoms with E-state index in [0.717, 1.165) is 11.3 Å². The highest BCUT2D eigenvalue weighted by molar-refractivity contribution is 6.07. The Bertz CT molecular complexity index is 1090. The highest BCUT2D eigenvalue weighted by atomic mass is 16.7. The van der Waals surface area contributed by atoms with Crippen LogP contribution in [0, 0.1) is 5.92 Å². The highest BCUT2D eigenvalue weighted by Gasteiger charge is 2.60. The molecule has 6 heteroatoms. The summed E-state index contributed by atoms with van der Waals surface area (Å²) in [6, 6.07) is 25.0. The van der Waals surface area contributed by atoms with Crippen molar-refractivity contribution < 1.29 is 19.5 Å². The summed E-state index contributed by atoms with van der Waals surface area (Å²) in [5, 5.41) is 12.1. The number of carbonyl (C=O) groups is 2. The molecule has 6 nitrogen and oxygen atoms in total. The van der Waals surface area contributed by atoms with Gasteiger partial charge in [0.15, 0.2) is 6.10 Å². The number of aromatic hydroxyl groups is 1. The topological polar surface area (TPSA) is 70.1 Å². The zero-order chi connectivity index (χ0) is 20.7. The van der Waals surface area contributed by atoms with E-state index in [1.165, 1.54) is 4.90 Å². The van der Waals surface area contributed by atoms with Crippen molar-refractivity contribution in [2.75, 3.05) is 5.06 Å². The van der Waals surface area contributed by atoms with Crippen LogP contribution in [0.2, 0.25) is 0 Å². The fourth-order valence-electron chi connectivity index (χ4n) is 4.25. The molecule has 3 aromatic carbocycles. The predicted molar refractivity (Wildman–Crippen MR) is 110 cm³/mol. The number of benzene rings is 3. The number of para-hydroxylation sites is 2. The molecule has 0 aromatic heterocycles. The summed E-state index contributed by atoms with van der Waals surface area (Å²) in [6.45, 7) is 0.202. The second-order valence-corrected chi connectivity index (χ2v) is 7.47. The van der Waals surface area contributed by atoms with Crippen LogP contribution in [0.1, 0.15) is 17.2 Å². The maximum Gasteiger partial charge on any atom is 0.262 e. The minimum atomic E-state index is -0.925. The predicted octanol–water partition coefficient (Wildman–Crippen LogP) is 3.44. The van der Waals surface area contributed by atoms with Crippen LogP contribution in [0.25, 0.3) is 0 Å². The average Bonchev–Trinajstić information content (AvgIpc) is 3.27. The Balaban J connectivity index is 1.54. The van der Waals surface area contributed by atoms with Crippen molar-refractivity contribution in [3.63, 3.8) is 0 Å². The van der Waals surface area contributed by atoms with Crippen molar-refractivity contribution in [1.82, 2.24) is 4.90 Å². The zero-order valence-electron chi connectivity index (χ0n) is 16.1. The molecule has 2 aliphatic rings. The molecule has 2 heterocycles. The van der Waals surface area contributed by atoms with E-state index in [0.29, 0.717) is 5.56 Å². The molecule has 0 bridgehead atoms. The molecule has 0 radical (unpaired) electrons. The van der Waals surface area contributed by atoms with Crippen LogP contribution in [0.5, 0.6) is 5.75 Å². The van der Waals surface area contributed by atoms with E-state index >= 15 is 0 Å². The molecule has 1 N–H and O–H groups in total. The Labute approximate surface area is 173 Å². The Morgan fingerprint density at radius 3 is 2.13 bits per heavy atom. The molecule has 2 saturated heterocycles. The van der Waals surface area contributed by atoms with Gasteiger partial charge in [-0.3, -0.25) is 19.3 Å². The number of nitrogens with zero attached hydrogens (tertiary/aromatic N) is 2. The minimum Gasteiger partial charge on any atom is -0.508 e. The minimum absolute atomic E-state index is 0.0643. The number of phenolic OH excluding ortho intramolecular Hbond substituents is 1. The van der Waals surface area contributed by atoms with Crippen LogP contribution in [0.3, 0.4) is 0 Å². The lowest BCUT2D eigenvalue weighted by atomic mass is 9.90. The fourth-order valence-corrected chi connectivity index (χ4v) is 4.25. The molecule has 2 fully saturated rings. The molecule has 0 spiro atoms. The largest absolute Gasteiger partial charge is 0.508 e. The van der Waals surface area contributed by atoms with Crippen molar-refractivity contribution in [3.8, 4) is 5.75 Å². The Morgan fingerprint density at radius 2 is 1.43 bits per heavy atom. The van der Waals surface area contributed by atoms with Gasteiger partial charge in [0.05, 0.1) is 18.3 Å². The van der Waals surface area contributed by atoms with E-state index in [9.17, 15) is 14.7 Å². The van der Waals surface area contributed by atoms with Gasteiger partial charge in [0.2, 0.25) is 5.91 Å². The van der Waals surface area contributed by atoms with Gasteiger partial charge in [0, 0.05) is 5.56 Å². The number of imide groups is 1. The summed E-state index contributed by atoms with van der Waals surface area (Å²) in [6.07, 6.45) is -0.925. The molecule has 2 amide bonds. The lowest BCUT2D eigenvalue weighted by molar-refractivity contribution is -0.143. The number of fused-ring (bicyclic) bond motifs is 1. The van der Waals surface area contributed by atoms with E-state index in [2.05, 4.69) is 0 Å². The highest BCUT2D eigenvalue weighted by Crippen LogP contribution is 2.48. The first-order valence-electron chi connectivity index (χ1n) is 9.83. The lowest BCUT2D eigenvalue weighted by Gasteiger charge is -2.29. The summed E-state index contributed by atoms with van der Waals surface area (Å²) in [5.74, 6) is -1.32. The first-order valence-corrected chi connectivity index (χ1v) is 9.83. The van der Waals surface area contributed by atoms with Gasteiger partial charge in [-0.05, 0) is 23.8 Å². The van der Waals surface area contributed by atoms with Gasteiger partial charge < -0.3 is 5.11 Å². The Morgan fingerprint density at radius 1 is 0.800 bits per heavy atom. The van der Waals surface area contributed by atoms with Crippen LogP contribution in [0.15, 0.2) is 84.9 Å². The summed E-state index contributed by atoms with van der Waals surface area (Å²) in [7, 11) is 0. The first kappa shape index (κ1) is 18.4. The fraction of sp³-hybridized carbons (Fsp3) is 0.167. The normalized spacial score (nSPS) is 23.1. The molecule has 0 saturated carbocycles. The van der Waals surface area contributed by atoms with Gasteiger partial charge in [-0.25, -0.2) is 5.06 Å². The van der Waals surface area contributed by atoms with Gasteiger partial charge in [0.25, 0.3) is 5.91 Å². The van der Waals surface area contributed by atoms with Crippen LogP contribution >= 0.6 is 0 Å². The Kier molecular flexibility index (Phi) is 4.48. The standard InChI is InChI=1S/C24H20N2O4/c27-19-14-8-7-13-18(19)21-20-22(30-26(21)17-11-5-2-6-12-17)24(29)25(23(20)28)15-16-9-3-1-4-10-16/h1-14,20-22,27H,15H2/t20-,21+,22-/m0/s1. The maximum atomic E-state index is 13.4. The molecular formula is C24H20N2O4. The van der Waals surface area contributed by atoms with Crippen molar-refractivity contribution in [3.05, 3.63) is 96.1 Å². The number of hydroxylamine groups is 1. The van der Waals surface area contributed by atoms with E-state index in [-0.39, 0.29) is 24.1 Å². The molecule has 2 aliphatic heterocycles. The van der Waals surface area contributed by atoms with Crippen LogP contribution in [0.4, 0.5) is 5.69 Å². The summed E-state index contributed by atoms with van der Waals surface area (Å²) in [5.41, 5.74) is 2.14. The number of anilines is 1. The second-order valence-electron chi connectivity index (χ2n) is 7.47. The zero-order valence-corrected chi connectivity index (χ0v) is 16.1. The van der Waals surface area contributed by atoms with E-state index in [1.807, 2.05) is 60.7 Å². The maximum absolute atomic E-state index is 13.4. The van der Waals surface area contributed by atoms with Gasteiger partial charge >= 0.3 is 0 Å². The lowest BCUT2D eigenvalue weighted by Crippen LogP contribution is -2.36. The number of hydrogen-bond donors (Lipinski definition) is 1. The van der Waals surface area contributed by atoms with Gasteiger partial charge in [-0.15, -0.1) is 0 Å². The van der Waals surface area contributed by atoms with Gasteiger partial charge in [-0.2, -0.15) is 0 Å². The third kappa shape index (κ3) is 2.93. The molecule has 0 unspecified atom stereocenters. The number of likely N-dealkylation sites (tertiary alicyclic amines) is 1. The first-order chi connectivity index (χ1) is 14.6. The van der Waals surface area contributed by atoms with Crippen molar-refractivity contribution in [2.24, 2.45) is 5.92 Å². The monoisotopic (exact) mass is 400 g/mol. The third-order valence-electron chi connectivity index (χ3n) is 5.66. The van der Waals surface area contributed by atoms with Gasteiger partial charge in [0.1, 0.15) is 11.7 Å². The third-order valence-corrected chi connectivity index (χ3v) is 5.66. The van der Waals surface area contributed by atoms with E-state index in [4.69, 9.17) is 4.84 Å². The second kappa shape index (κ2) is 7.31. The molecule has 3 atom stereocenters. The number of rotatable bonds is 4. The molecule has 3 aromatic rings. The number of amides is 2. The summed E-state index contributed by atoms with van der Waals surface area (Å²) >= 11 is 0. The summed E-state index contributed by atoms with van der Waals surface area (Å²) in [4.78, 5) is 33.8. The van der Waals surface area contributed by atoms with Crippen molar-refractivity contribution >= 4 is 17.5 Å². The quantitative estimate of drug-likeness (QED) is 0.680. The van der Waals surface area contributed by atoms with E-state index in [1.54, 1.807) is 29.3 Å².